The maximum Gasteiger partial charge on any atom is 0.296 e. The summed E-state index contributed by atoms with van der Waals surface area (Å²) in [6.45, 7) is 2.28. The van der Waals surface area contributed by atoms with E-state index in [-0.39, 0.29) is 24.9 Å². The van der Waals surface area contributed by atoms with Gasteiger partial charge in [-0.2, -0.15) is 4.98 Å². The van der Waals surface area contributed by atoms with Crippen LogP contribution in [0.3, 0.4) is 0 Å². The second-order valence-corrected chi connectivity index (χ2v) is 9.77. The molecule has 0 spiro atoms. The Hall–Kier alpha value is -3.50. The van der Waals surface area contributed by atoms with Crippen LogP contribution in [0.25, 0.3) is 33.5 Å². The first kappa shape index (κ1) is 22.7. The highest BCUT2D eigenvalue weighted by atomic mass is 35.5. The number of benzene rings is 2. The molecular weight excluding hydrogens is 494 g/mol. The van der Waals surface area contributed by atoms with Crippen molar-refractivity contribution in [1.82, 2.24) is 20.3 Å². The number of aromatic amines is 1. The van der Waals surface area contributed by atoms with E-state index in [1.807, 2.05) is 12.1 Å². The maximum atomic E-state index is 9.94. The van der Waals surface area contributed by atoms with E-state index < -0.39 is 6.10 Å². The fourth-order valence-corrected chi connectivity index (χ4v) is 5.34. The zero-order chi connectivity index (χ0) is 24.9. The largest absolute Gasteiger partial charge is 0.456 e. The summed E-state index contributed by atoms with van der Waals surface area (Å²) in [5, 5.41) is 13.8. The molecule has 0 amide bonds. The van der Waals surface area contributed by atoms with Gasteiger partial charge in [0, 0.05) is 17.7 Å². The van der Waals surface area contributed by atoms with Gasteiger partial charge in [-0.1, -0.05) is 60.1 Å². The Morgan fingerprint density at radius 3 is 2.32 bits per heavy atom. The number of ether oxygens (including phenoxy) is 3. The van der Waals surface area contributed by atoms with Crippen molar-refractivity contribution < 1.29 is 19.3 Å². The summed E-state index contributed by atoms with van der Waals surface area (Å²) in [5.74, 6) is 0.955. The molecule has 188 valence electrons. The second-order valence-electron chi connectivity index (χ2n) is 9.36. The van der Waals surface area contributed by atoms with Crippen LogP contribution in [-0.2, 0) is 9.47 Å². The van der Waals surface area contributed by atoms with Crippen LogP contribution in [0.15, 0.2) is 59.6 Å². The van der Waals surface area contributed by atoms with Crippen molar-refractivity contribution in [2.75, 3.05) is 26.3 Å². The Labute approximate surface area is 217 Å². The van der Waals surface area contributed by atoms with Crippen LogP contribution in [0.5, 0.6) is 6.01 Å². The highest BCUT2D eigenvalue weighted by Crippen LogP contribution is 2.33. The van der Waals surface area contributed by atoms with Crippen LogP contribution in [-0.4, -0.2) is 76.6 Å². The monoisotopic (exact) mass is 517 g/mol. The molecule has 2 aromatic carbocycles. The minimum absolute atomic E-state index is 0.243. The molecule has 7 rings (SSSR count). The molecule has 0 unspecified atom stereocenters. The number of H-pyrrole nitrogens is 1. The Morgan fingerprint density at radius 2 is 1.59 bits per heavy atom. The minimum Gasteiger partial charge on any atom is -0.456 e. The van der Waals surface area contributed by atoms with Crippen LogP contribution in [0, 0.1) is 0 Å². The molecule has 3 aliphatic heterocycles. The SMILES string of the molecule is O[C@@H]1CO[C@H]2[C@@H]1OC[C@H]2Oc1nc2nc(-c3ccc(-c4ccc(C5=NCCN5)cc4)cc3)c(Cl)cc2[nH]1. The molecule has 2 aromatic heterocycles. The zero-order valence-electron chi connectivity index (χ0n) is 19.7. The lowest BCUT2D eigenvalue weighted by Gasteiger charge is -2.15. The first-order valence-corrected chi connectivity index (χ1v) is 12.6. The topological polar surface area (TPSA) is 114 Å². The van der Waals surface area contributed by atoms with E-state index in [0.717, 1.165) is 41.2 Å². The highest BCUT2D eigenvalue weighted by molar-refractivity contribution is 6.33. The summed E-state index contributed by atoms with van der Waals surface area (Å²) in [6.07, 6.45) is -1.68. The molecule has 0 aliphatic carbocycles. The lowest BCUT2D eigenvalue weighted by molar-refractivity contribution is 0.00706. The first-order valence-electron chi connectivity index (χ1n) is 12.3. The minimum atomic E-state index is -0.632. The van der Waals surface area contributed by atoms with E-state index in [9.17, 15) is 5.11 Å². The number of rotatable bonds is 5. The second kappa shape index (κ2) is 9.11. The van der Waals surface area contributed by atoms with Gasteiger partial charge in [0.1, 0.15) is 24.1 Å². The normalized spacial score (nSPS) is 24.8. The molecule has 5 heterocycles. The number of fused-ring (bicyclic) bond motifs is 2. The third kappa shape index (κ3) is 4.14. The number of aliphatic imine (C=N–C) groups is 1. The molecule has 37 heavy (non-hydrogen) atoms. The van der Waals surface area contributed by atoms with Gasteiger partial charge in [0.25, 0.3) is 6.01 Å². The average Bonchev–Trinajstić information content (AvgIpc) is 3.71. The predicted octanol–water partition coefficient (Wildman–Crippen LogP) is 3.20. The molecule has 9 nitrogen and oxygen atoms in total. The van der Waals surface area contributed by atoms with Crippen molar-refractivity contribution in [2.45, 2.75) is 24.4 Å². The molecule has 4 atom stereocenters. The number of aliphatic hydroxyl groups is 1. The smallest absolute Gasteiger partial charge is 0.296 e. The fraction of sp³-hybridized carbons (Fsp3) is 0.296. The summed E-state index contributed by atoms with van der Waals surface area (Å²) >= 11 is 6.61. The molecule has 2 saturated heterocycles. The number of pyridine rings is 1. The Morgan fingerprint density at radius 1 is 0.892 bits per heavy atom. The van der Waals surface area contributed by atoms with Crippen molar-refractivity contribution in [2.24, 2.45) is 4.99 Å². The van der Waals surface area contributed by atoms with Crippen molar-refractivity contribution in [3.8, 4) is 28.4 Å². The van der Waals surface area contributed by atoms with Crippen molar-refractivity contribution in [1.29, 1.82) is 0 Å². The van der Waals surface area contributed by atoms with E-state index in [2.05, 4.69) is 56.7 Å². The van der Waals surface area contributed by atoms with E-state index in [0.29, 0.717) is 34.5 Å². The van der Waals surface area contributed by atoms with Gasteiger partial charge in [-0.15, -0.1) is 0 Å². The van der Waals surface area contributed by atoms with Crippen LogP contribution in [0.4, 0.5) is 0 Å². The molecule has 0 radical (unpaired) electrons. The highest BCUT2D eigenvalue weighted by Gasteiger charge is 2.48. The molecule has 4 aromatic rings. The average molecular weight is 518 g/mol. The number of nitrogens with zero attached hydrogens (tertiary/aromatic N) is 3. The number of hydrogen-bond acceptors (Lipinski definition) is 8. The molecule has 3 aliphatic rings. The standard InChI is InChI=1S/C27H24ClN5O4/c28-18-11-19-26(33-27(31-19)37-21-13-36-23-20(34)12-35-24(21)23)32-22(18)16-5-1-14(2-6-16)15-3-7-17(8-4-15)25-29-9-10-30-25/h1-8,11,20-21,23-24,34H,9-10,12-13H2,(H,29,30)(H,31,32,33)/t20-,21-,23-,24-/m1/s1. The molecule has 0 bridgehead atoms. The van der Waals surface area contributed by atoms with Gasteiger partial charge < -0.3 is 29.6 Å². The van der Waals surface area contributed by atoms with Crippen LogP contribution >= 0.6 is 11.6 Å². The number of aromatic nitrogens is 3. The van der Waals surface area contributed by atoms with Gasteiger partial charge in [-0.25, -0.2) is 4.98 Å². The van der Waals surface area contributed by atoms with Gasteiger partial charge in [-0.05, 0) is 17.2 Å². The summed E-state index contributed by atoms with van der Waals surface area (Å²) < 4.78 is 17.2. The number of halogens is 1. The quantitative estimate of drug-likeness (QED) is 0.372. The van der Waals surface area contributed by atoms with E-state index >= 15 is 0 Å². The zero-order valence-corrected chi connectivity index (χ0v) is 20.5. The van der Waals surface area contributed by atoms with Crippen LogP contribution in [0.2, 0.25) is 5.02 Å². The lowest BCUT2D eigenvalue weighted by Crippen LogP contribution is -2.34. The number of amidine groups is 1. The Balaban J connectivity index is 1.11. The fourth-order valence-electron chi connectivity index (χ4n) is 5.07. The number of nitrogens with one attached hydrogen (secondary N) is 2. The Kier molecular flexibility index (Phi) is 5.58. The van der Waals surface area contributed by atoms with Gasteiger partial charge in [0.15, 0.2) is 11.8 Å². The van der Waals surface area contributed by atoms with E-state index in [1.54, 1.807) is 6.07 Å². The first-order chi connectivity index (χ1) is 18.1. The van der Waals surface area contributed by atoms with Gasteiger partial charge >= 0.3 is 0 Å². The molecule has 0 saturated carbocycles. The molecule has 10 heteroatoms. The third-order valence-electron chi connectivity index (χ3n) is 6.97. The summed E-state index contributed by atoms with van der Waals surface area (Å²) in [7, 11) is 0. The number of imidazole rings is 1. The van der Waals surface area contributed by atoms with Crippen molar-refractivity contribution in [3.05, 3.63) is 65.2 Å². The third-order valence-corrected chi connectivity index (χ3v) is 7.26. The van der Waals surface area contributed by atoms with Crippen LogP contribution in [0.1, 0.15) is 5.56 Å². The van der Waals surface area contributed by atoms with Gasteiger partial charge in [0.05, 0.1) is 36.0 Å². The Bertz CT molecular complexity index is 1490. The molecular formula is C27H24ClN5O4. The summed E-state index contributed by atoms with van der Waals surface area (Å²) in [6, 6.07) is 18.6. The molecule has 2 fully saturated rings. The number of hydrogen-bond donors (Lipinski definition) is 3. The molecule has 3 N–H and O–H groups in total. The van der Waals surface area contributed by atoms with Crippen molar-refractivity contribution >= 4 is 28.6 Å². The lowest BCUT2D eigenvalue weighted by atomic mass is 10.0. The van der Waals surface area contributed by atoms with Gasteiger partial charge in [0.2, 0.25) is 0 Å². The maximum absolute atomic E-state index is 9.94. The van der Waals surface area contributed by atoms with E-state index in [1.165, 1.54) is 0 Å². The van der Waals surface area contributed by atoms with E-state index in [4.69, 9.17) is 30.8 Å². The van der Waals surface area contributed by atoms with Crippen LogP contribution < -0.4 is 10.1 Å². The van der Waals surface area contributed by atoms with Gasteiger partial charge in [-0.3, -0.25) is 4.99 Å². The van der Waals surface area contributed by atoms with Crippen molar-refractivity contribution in [3.63, 3.8) is 0 Å². The predicted molar refractivity (Wildman–Crippen MR) is 139 cm³/mol. The summed E-state index contributed by atoms with van der Waals surface area (Å²) in [4.78, 5) is 16.8. The summed E-state index contributed by atoms with van der Waals surface area (Å²) in [5.41, 5.74) is 6.02. The number of aliphatic hydroxyl groups excluding tert-OH is 1.